The SMILES string of the molecule is Cc1ccc(S(=O)(=O)Nc2cccc3oc(-c4ccccc4)nc23)cc1. The summed E-state index contributed by atoms with van der Waals surface area (Å²) >= 11 is 0. The minimum atomic E-state index is -3.71. The molecule has 1 aromatic heterocycles. The molecule has 0 aliphatic rings. The average Bonchev–Trinajstić information content (AvgIpc) is 3.08. The Labute approximate surface area is 151 Å². The van der Waals surface area contributed by atoms with Crippen molar-refractivity contribution >= 4 is 26.8 Å². The molecule has 0 atom stereocenters. The van der Waals surface area contributed by atoms with Crippen LogP contribution in [0.3, 0.4) is 0 Å². The van der Waals surface area contributed by atoms with Gasteiger partial charge in [0.25, 0.3) is 10.0 Å². The fraction of sp³-hybridized carbons (Fsp3) is 0.0500. The molecular formula is C20H16N2O3S. The second kappa shape index (κ2) is 6.31. The first-order chi connectivity index (χ1) is 12.5. The van der Waals surface area contributed by atoms with Gasteiger partial charge >= 0.3 is 0 Å². The lowest BCUT2D eigenvalue weighted by Gasteiger charge is -2.08. The van der Waals surface area contributed by atoms with Crippen molar-refractivity contribution in [1.29, 1.82) is 0 Å². The summed E-state index contributed by atoms with van der Waals surface area (Å²) in [6.45, 7) is 1.91. The van der Waals surface area contributed by atoms with Gasteiger partial charge in [0, 0.05) is 5.56 Å². The molecule has 0 saturated heterocycles. The molecule has 0 fully saturated rings. The van der Waals surface area contributed by atoms with Crippen LogP contribution in [0.15, 0.2) is 82.1 Å². The van der Waals surface area contributed by atoms with E-state index in [9.17, 15) is 8.42 Å². The quantitative estimate of drug-likeness (QED) is 0.574. The van der Waals surface area contributed by atoms with Crippen LogP contribution in [0.25, 0.3) is 22.6 Å². The average molecular weight is 364 g/mol. The van der Waals surface area contributed by atoms with Gasteiger partial charge in [-0.1, -0.05) is 42.0 Å². The number of aromatic nitrogens is 1. The summed E-state index contributed by atoms with van der Waals surface area (Å²) in [6.07, 6.45) is 0. The number of sulfonamides is 1. The highest BCUT2D eigenvalue weighted by molar-refractivity contribution is 7.92. The molecule has 5 nitrogen and oxygen atoms in total. The Morgan fingerprint density at radius 3 is 2.35 bits per heavy atom. The fourth-order valence-corrected chi connectivity index (χ4v) is 3.72. The zero-order chi connectivity index (χ0) is 18.1. The van der Waals surface area contributed by atoms with Crippen molar-refractivity contribution in [3.63, 3.8) is 0 Å². The van der Waals surface area contributed by atoms with Crippen molar-refractivity contribution in [3.8, 4) is 11.5 Å². The molecule has 6 heteroatoms. The van der Waals surface area contributed by atoms with Crippen LogP contribution in [0.2, 0.25) is 0 Å². The second-order valence-corrected chi connectivity index (χ2v) is 7.64. The molecule has 3 aromatic carbocycles. The van der Waals surface area contributed by atoms with Crippen molar-refractivity contribution in [2.45, 2.75) is 11.8 Å². The van der Waals surface area contributed by atoms with E-state index >= 15 is 0 Å². The van der Waals surface area contributed by atoms with E-state index < -0.39 is 10.0 Å². The van der Waals surface area contributed by atoms with Gasteiger partial charge in [0.15, 0.2) is 5.58 Å². The number of aryl methyl sites for hydroxylation is 1. The van der Waals surface area contributed by atoms with Gasteiger partial charge in [-0.3, -0.25) is 4.72 Å². The van der Waals surface area contributed by atoms with Gasteiger partial charge in [0.05, 0.1) is 10.6 Å². The third-order valence-corrected chi connectivity index (χ3v) is 5.40. The Hall–Kier alpha value is -3.12. The van der Waals surface area contributed by atoms with Crippen molar-refractivity contribution in [1.82, 2.24) is 4.98 Å². The number of hydrogen-bond acceptors (Lipinski definition) is 4. The van der Waals surface area contributed by atoms with E-state index in [4.69, 9.17) is 4.42 Å². The van der Waals surface area contributed by atoms with E-state index in [1.807, 2.05) is 37.3 Å². The van der Waals surface area contributed by atoms with Crippen LogP contribution in [0, 0.1) is 6.92 Å². The van der Waals surface area contributed by atoms with Gasteiger partial charge in [-0.05, 0) is 43.3 Å². The number of para-hydroxylation sites is 1. The predicted molar refractivity (Wildman–Crippen MR) is 101 cm³/mol. The molecule has 26 heavy (non-hydrogen) atoms. The maximum atomic E-state index is 12.7. The Balaban J connectivity index is 1.75. The molecule has 0 aliphatic heterocycles. The lowest BCUT2D eigenvalue weighted by molar-refractivity contribution is 0.601. The number of benzene rings is 3. The monoisotopic (exact) mass is 364 g/mol. The van der Waals surface area contributed by atoms with Gasteiger partial charge < -0.3 is 4.42 Å². The lowest BCUT2D eigenvalue weighted by atomic mass is 10.2. The standard InChI is InChI=1S/C20H16N2O3S/c1-14-10-12-16(13-11-14)26(23,24)22-17-8-5-9-18-19(17)21-20(25-18)15-6-3-2-4-7-15/h2-13,22H,1H3. The van der Waals surface area contributed by atoms with E-state index in [0.717, 1.165) is 11.1 Å². The zero-order valence-corrected chi connectivity index (χ0v) is 14.8. The van der Waals surface area contributed by atoms with Crippen LogP contribution in [0.4, 0.5) is 5.69 Å². The Bertz CT molecular complexity index is 1160. The molecule has 1 heterocycles. The van der Waals surface area contributed by atoms with E-state index in [0.29, 0.717) is 22.7 Å². The first-order valence-electron chi connectivity index (χ1n) is 8.07. The minimum Gasteiger partial charge on any atom is -0.436 e. The molecule has 4 rings (SSSR count). The van der Waals surface area contributed by atoms with Crippen LogP contribution >= 0.6 is 0 Å². The fourth-order valence-electron chi connectivity index (χ4n) is 2.66. The summed E-state index contributed by atoms with van der Waals surface area (Å²) in [6, 6.07) is 21.3. The predicted octanol–water partition coefficient (Wildman–Crippen LogP) is 4.60. The molecule has 0 radical (unpaired) electrons. The lowest BCUT2D eigenvalue weighted by Crippen LogP contribution is -2.13. The van der Waals surface area contributed by atoms with Crippen LogP contribution in [-0.2, 0) is 10.0 Å². The summed E-state index contributed by atoms with van der Waals surface area (Å²) in [5.74, 6) is 0.447. The molecule has 0 saturated carbocycles. The molecule has 1 N–H and O–H groups in total. The van der Waals surface area contributed by atoms with Gasteiger partial charge in [-0.15, -0.1) is 0 Å². The topological polar surface area (TPSA) is 72.2 Å². The number of nitrogens with zero attached hydrogens (tertiary/aromatic N) is 1. The van der Waals surface area contributed by atoms with E-state index in [2.05, 4.69) is 9.71 Å². The van der Waals surface area contributed by atoms with Crippen molar-refractivity contribution in [3.05, 3.63) is 78.4 Å². The number of rotatable bonds is 4. The molecule has 0 unspecified atom stereocenters. The molecule has 0 spiro atoms. The van der Waals surface area contributed by atoms with E-state index in [1.165, 1.54) is 0 Å². The third kappa shape index (κ3) is 3.07. The van der Waals surface area contributed by atoms with Gasteiger partial charge in [-0.25, -0.2) is 13.4 Å². The van der Waals surface area contributed by atoms with Crippen LogP contribution in [0.1, 0.15) is 5.56 Å². The number of fused-ring (bicyclic) bond motifs is 1. The summed E-state index contributed by atoms with van der Waals surface area (Å²) in [4.78, 5) is 4.68. The van der Waals surface area contributed by atoms with Crippen molar-refractivity contribution in [2.75, 3.05) is 4.72 Å². The third-order valence-electron chi connectivity index (χ3n) is 4.02. The molecule has 130 valence electrons. The maximum Gasteiger partial charge on any atom is 0.261 e. The van der Waals surface area contributed by atoms with Crippen molar-refractivity contribution in [2.24, 2.45) is 0 Å². The molecular weight excluding hydrogens is 348 g/mol. The van der Waals surface area contributed by atoms with Crippen LogP contribution in [0.5, 0.6) is 0 Å². The van der Waals surface area contributed by atoms with Gasteiger partial charge in [-0.2, -0.15) is 0 Å². The number of anilines is 1. The Morgan fingerprint density at radius 2 is 1.62 bits per heavy atom. The summed E-state index contributed by atoms with van der Waals surface area (Å²) in [5.41, 5.74) is 3.20. The number of oxazole rings is 1. The summed E-state index contributed by atoms with van der Waals surface area (Å²) < 4.78 is 33.7. The zero-order valence-electron chi connectivity index (χ0n) is 14.0. The molecule has 0 aliphatic carbocycles. The molecule has 4 aromatic rings. The van der Waals surface area contributed by atoms with E-state index in [1.54, 1.807) is 42.5 Å². The van der Waals surface area contributed by atoms with Gasteiger partial charge in [0.1, 0.15) is 5.52 Å². The first-order valence-corrected chi connectivity index (χ1v) is 9.56. The Morgan fingerprint density at radius 1 is 0.885 bits per heavy atom. The highest BCUT2D eigenvalue weighted by atomic mass is 32.2. The number of nitrogens with one attached hydrogen (secondary N) is 1. The Kier molecular flexibility index (Phi) is 3.97. The molecule has 0 amide bonds. The summed E-state index contributed by atoms with van der Waals surface area (Å²) in [5, 5.41) is 0. The van der Waals surface area contributed by atoms with Crippen LogP contribution < -0.4 is 4.72 Å². The van der Waals surface area contributed by atoms with E-state index in [-0.39, 0.29) is 4.90 Å². The largest absolute Gasteiger partial charge is 0.436 e. The first kappa shape index (κ1) is 16.4. The highest BCUT2D eigenvalue weighted by Crippen LogP contribution is 2.30. The number of hydrogen-bond donors (Lipinski definition) is 1. The minimum absolute atomic E-state index is 0.201. The maximum absolute atomic E-state index is 12.7. The van der Waals surface area contributed by atoms with Gasteiger partial charge in [0.2, 0.25) is 5.89 Å². The highest BCUT2D eigenvalue weighted by Gasteiger charge is 2.18. The summed E-state index contributed by atoms with van der Waals surface area (Å²) in [7, 11) is -3.71. The smallest absolute Gasteiger partial charge is 0.261 e. The molecule has 0 bridgehead atoms. The van der Waals surface area contributed by atoms with Crippen molar-refractivity contribution < 1.29 is 12.8 Å². The second-order valence-electron chi connectivity index (χ2n) is 5.96. The normalized spacial score (nSPS) is 11.6. The van der Waals surface area contributed by atoms with Crippen LogP contribution in [-0.4, -0.2) is 13.4 Å².